The summed E-state index contributed by atoms with van der Waals surface area (Å²) in [5.41, 5.74) is 0. The highest BCUT2D eigenvalue weighted by molar-refractivity contribution is 8.18. The van der Waals surface area contributed by atoms with E-state index in [4.69, 9.17) is 4.74 Å². The minimum Gasteiger partial charge on any atom is -0.466 e. The molecule has 3 nitrogen and oxygen atoms in total. The number of hydrogen-bond acceptors (Lipinski definition) is 5. The Kier molecular flexibility index (Phi) is 10.7. The molecule has 0 fully saturated rings. The predicted octanol–water partition coefficient (Wildman–Crippen LogP) is 7.07. The Morgan fingerprint density at radius 3 is 2.00 bits per heavy atom. The highest BCUT2D eigenvalue weighted by atomic mass is 32.2. The molecule has 0 aliphatic rings. The van der Waals surface area contributed by atoms with Gasteiger partial charge in [-0.15, -0.1) is 23.5 Å². The van der Waals surface area contributed by atoms with Gasteiger partial charge in [-0.25, -0.2) is 0 Å². The Hall–Kier alpha value is -1.29. The molecule has 0 aliphatic heterocycles. The van der Waals surface area contributed by atoms with E-state index >= 15 is 0 Å². The van der Waals surface area contributed by atoms with Crippen LogP contribution >= 0.6 is 32.0 Å². The van der Waals surface area contributed by atoms with Gasteiger partial charge in [0.1, 0.15) is 0 Å². The Morgan fingerprint density at radius 1 is 0.929 bits per heavy atom. The van der Waals surface area contributed by atoms with Crippen LogP contribution in [0.1, 0.15) is 39.0 Å². The molecule has 28 heavy (non-hydrogen) atoms. The van der Waals surface area contributed by atoms with Gasteiger partial charge in [-0.05, 0) is 50.5 Å². The van der Waals surface area contributed by atoms with Gasteiger partial charge in [0.15, 0.2) is 8.46 Å². The molecular weight excluding hydrogens is 407 g/mol. The average molecular weight is 435 g/mol. The second kappa shape index (κ2) is 13.0. The highest BCUT2D eigenvalue weighted by Gasteiger charge is 2.33. The zero-order valence-corrected chi connectivity index (χ0v) is 18.7. The molecule has 6 heteroatoms. The number of carbonyl (C=O) groups is 1. The first-order chi connectivity index (χ1) is 13.7. The van der Waals surface area contributed by atoms with Gasteiger partial charge in [0.25, 0.3) is 0 Å². The molecule has 0 amide bonds. The van der Waals surface area contributed by atoms with E-state index in [1.165, 1.54) is 9.79 Å². The molecule has 0 heterocycles. The molecule has 0 unspecified atom stereocenters. The van der Waals surface area contributed by atoms with Crippen molar-refractivity contribution in [1.82, 2.24) is 0 Å². The lowest BCUT2D eigenvalue weighted by Crippen LogP contribution is -2.22. The first-order valence-electron chi connectivity index (χ1n) is 9.60. The normalized spacial score (nSPS) is 11.5. The fourth-order valence-electron chi connectivity index (χ4n) is 2.85. The van der Waals surface area contributed by atoms with Gasteiger partial charge in [0.2, 0.25) is 0 Å². The molecule has 2 aromatic carbocycles. The highest BCUT2D eigenvalue weighted by Crippen LogP contribution is 2.51. The van der Waals surface area contributed by atoms with Crippen LogP contribution in [0.15, 0.2) is 70.5 Å². The van der Waals surface area contributed by atoms with Crippen molar-refractivity contribution < 1.29 is 14.1 Å². The summed E-state index contributed by atoms with van der Waals surface area (Å²) < 4.78 is 15.8. The lowest BCUT2D eigenvalue weighted by Gasteiger charge is -2.33. The van der Waals surface area contributed by atoms with Gasteiger partial charge < -0.3 is 4.74 Å². The molecule has 0 radical (unpaired) electrons. The van der Waals surface area contributed by atoms with Gasteiger partial charge in [0, 0.05) is 22.4 Å². The minimum absolute atomic E-state index is 0.146. The molecule has 0 N–H and O–H groups in total. The second-order valence-corrected chi connectivity index (χ2v) is 10.2. The molecule has 0 saturated carbocycles. The summed E-state index contributed by atoms with van der Waals surface area (Å²) in [5.74, 6) is -0.146. The molecule has 2 aromatic rings. The third-order valence-corrected chi connectivity index (χ3v) is 7.74. The standard InChI is InChI=1S/C22H27O3PS2/c1-2-25-21(23)15-17-22(16-9-10-18-26-24,27-19-11-5-3-6-12-19)28-20-13-7-4-8-14-20/h3-8,11-14H,2,9-10,15-18H2,1H3. The van der Waals surface area contributed by atoms with Crippen LogP contribution in [0.2, 0.25) is 0 Å². The zero-order valence-electron chi connectivity index (χ0n) is 16.2. The number of carbonyl (C=O) groups excluding carboxylic acids is 1. The summed E-state index contributed by atoms with van der Waals surface area (Å²) in [4.78, 5) is 14.5. The lowest BCUT2D eigenvalue weighted by atomic mass is 10.1. The summed E-state index contributed by atoms with van der Waals surface area (Å²) in [6.07, 6.45) is 4.61. The largest absolute Gasteiger partial charge is 0.466 e. The molecule has 0 atom stereocenters. The van der Waals surface area contributed by atoms with Gasteiger partial charge in [-0.2, -0.15) is 0 Å². The molecular formula is C22H27O3PS2. The molecule has 0 saturated heterocycles. The zero-order chi connectivity index (χ0) is 20.1. The second-order valence-electron chi connectivity index (χ2n) is 6.36. The molecule has 0 aliphatic carbocycles. The van der Waals surface area contributed by atoms with Crippen LogP contribution in [-0.2, 0) is 14.1 Å². The van der Waals surface area contributed by atoms with E-state index in [-0.39, 0.29) is 18.5 Å². The van der Waals surface area contributed by atoms with Crippen molar-refractivity contribution >= 4 is 38.0 Å². The number of hydrogen-bond donors (Lipinski definition) is 0. The monoisotopic (exact) mass is 434 g/mol. The SMILES string of the molecule is CCOC(=O)CCC(CCCCP=O)(Sc1ccccc1)Sc1ccccc1. The van der Waals surface area contributed by atoms with E-state index in [1.54, 1.807) is 0 Å². The van der Waals surface area contributed by atoms with Crippen molar-refractivity contribution in [2.45, 2.75) is 52.9 Å². The molecule has 2 rings (SSSR count). The van der Waals surface area contributed by atoms with Crippen molar-refractivity contribution in [1.29, 1.82) is 0 Å². The van der Waals surface area contributed by atoms with Crippen LogP contribution < -0.4 is 0 Å². The van der Waals surface area contributed by atoms with Gasteiger partial charge in [-0.3, -0.25) is 9.36 Å². The van der Waals surface area contributed by atoms with Crippen LogP contribution in [0, 0.1) is 0 Å². The van der Waals surface area contributed by atoms with Crippen LogP contribution in [0.25, 0.3) is 0 Å². The Morgan fingerprint density at radius 2 is 1.50 bits per heavy atom. The summed E-state index contributed by atoms with van der Waals surface area (Å²) in [5, 5.41) is 0. The summed E-state index contributed by atoms with van der Waals surface area (Å²) in [7, 11) is 0.202. The van der Waals surface area contributed by atoms with Gasteiger partial charge in [0.05, 0.1) is 10.7 Å². The van der Waals surface area contributed by atoms with E-state index in [9.17, 15) is 9.36 Å². The van der Waals surface area contributed by atoms with Crippen molar-refractivity contribution in [2.24, 2.45) is 0 Å². The average Bonchev–Trinajstić information content (AvgIpc) is 2.72. The van der Waals surface area contributed by atoms with E-state index in [0.29, 0.717) is 19.2 Å². The summed E-state index contributed by atoms with van der Waals surface area (Å²) >= 11 is 3.65. The van der Waals surface area contributed by atoms with E-state index < -0.39 is 0 Å². The first kappa shape index (κ1) is 23.0. The van der Waals surface area contributed by atoms with Crippen molar-refractivity contribution in [2.75, 3.05) is 12.8 Å². The minimum atomic E-state index is -0.185. The van der Waals surface area contributed by atoms with E-state index in [2.05, 4.69) is 24.3 Å². The van der Waals surface area contributed by atoms with Crippen LogP contribution in [0.4, 0.5) is 0 Å². The number of unbranched alkanes of at least 4 members (excludes halogenated alkanes) is 1. The van der Waals surface area contributed by atoms with Gasteiger partial charge in [-0.1, -0.05) is 42.8 Å². The maximum atomic E-state index is 12.1. The fourth-order valence-corrected chi connectivity index (χ4v) is 6.30. The summed E-state index contributed by atoms with van der Waals surface area (Å²) in [6, 6.07) is 20.7. The van der Waals surface area contributed by atoms with E-state index in [0.717, 1.165) is 25.7 Å². The van der Waals surface area contributed by atoms with Crippen LogP contribution in [0.3, 0.4) is 0 Å². The Bertz CT molecular complexity index is 669. The quantitative estimate of drug-likeness (QED) is 0.111. The maximum Gasteiger partial charge on any atom is 0.305 e. The third-order valence-electron chi connectivity index (χ3n) is 4.17. The van der Waals surface area contributed by atoms with Crippen LogP contribution in [-0.4, -0.2) is 22.8 Å². The summed E-state index contributed by atoms with van der Waals surface area (Å²) in [6.45, 7) is 2.25. The molecule has 150 valence electrons. The lowest BCUT2D eigenvalue weighted by molar-refractivity contribution is -0.143. The molecule has 0 spiro atoms. The van der Waals surface area contributed by atoms with Crippen molar-refractivity contribution in [3.05, 3.63) is 60.7 Å². The number of ether oxygens (including phenoxy) is 1. The maximum absolute atomic E-state index is 12.1. The fraction of sp³-hybridized carbons (Fsp3) is 0.409. The Balaban J connectivity index is 2.24. The number of thioether (sulfide) groups is 2. The number of esters is 1. The number of rotatable bonds is 13. The van der Waals surface area contributed by atoms with E-state index in [1.807, 2.05) is 66.8 Å². The number of benzene rings is 2. The Labute approximate surface area is 178 Å². The van der Waals surface area contributed by atoms with Crippen LogP contribution in [0.5, 0.6) is 0 Å². The topological polar surface area (TPSA) is 43.4 Å². The van der Waals surface area contributed by atoms with Crippen molar-refractivity contribution in [3.8, 4) is 0 Å². The predicted molar refractivity (Wildman–Crippen MR) is 120 cm³/mol. The van der Waals surface area contributed by atoms with Gasteiger partial charge >= 0.3 is 5.97 Å². The molecule has 0 bridgehead atoms. The third kappa shape index (κ3) is 8.38. The smallest absolute Gasteiger partial charge is 0.305 e. The first-order valence-corrected chi connectivity index (χ1v) is 12.2. The van der Waals surface area contributed by atoms with Crippen molar-refractivity contribution in [3.63, 3.8) is 0 Å². The molecule has 0 aromatic heterocycles.